The van der Waals surface area contributed by atoms with Crippen molar-refractivity contribution in [3.63, 3.8) is 0 Å². The molecule has 1 saturated heterocycles. The van der Waals surface area contributed by atoms with E-state index >= 15 is 0 Å². The van der Waals surface area contributed by atoms with Crippen molar-refractivity contribution in [3.8, 4) is 11.5 Å². The highest BCUT2D eigenvalue weighted by Crippen LogP contribution is 2.41. The summed E-state index contributed by atoms with van der Waals surface area (Å²) < 4.78 is 10.7. The molecule has 1 aliphatic rings. The molecule has 1 heterocycles. The number of hydrogen-bond donors (Lipinski definition) is 2. The number of hydrogen-bond acceptors (Lipinski definition) is 6. The number of rotatable bonds is 4. The van der Waals surface area contributed by atoms with Crippen molar-refractivity contribution in [3.05, 3.63) is 22.2 Å². The number of esters is 1. The van der Waals surface area contributed by atoms with Crippen molar-refractivity contribution >= 4 is 33.7 Å². The van der Waals surface area contributed by atoms with Gasteiger partial charge in [-0.3, -0.25) is 10.1 Å². The monoisotopic (exact) mass is 361 g/mol. The number of thioether (sulfide) groups is 1. The smallest absolute Gasteiger partial charge is 0.324 e. The van der Waals surface area contributed by atoms with Crippen LogP contribution in [0.1, 0.15) is 17.9 Å². The molecule has 2 N–H and O–H groups in total. The summed E-state index contributed by atoms with van der Waals surface area (Å²) in [4.78, 5) is 11.7. The summed E-state index contributed by atoms with van der Waals surface area (Å²) >= 11 is 4.92. The van der Waals surface area contributed by atoms with Gasteiger partial charge in [-0.05, 0) is 40.5 Å². The lowest BCUT2D eigenvalue weighted by Crippen LogP contribution is -2.35. The van der Waals surface area contributed by atoms with Gasteiger partial charge in [0.15, 0.2) is 11.5 Å². The molecule has 2 rings (SSSR count). The quantitative estimate of drug-likeness (QED) is 0.802. The van der Waals surface area contributed by atoms with Gasteiger partial charge in [-0.1, -0.05) is 0 Å². The highest BCUT2D eigenvalue weighted by Gasteiger charge is 2.32. The Morgan fingerprint density at radius 3 is 3.00 bits per heavy atom. The van der Waals surface area contributed by atoms with Crippen LogP contribution in [0.2, 0.25) is 0 Å². The van der Waals surface area contributed by atoms with Gasteiger partial charge in [-0.15, -0.1) is 11.8 Å². The Hall–Kier alpha value is -0.920. The summed E-state index contributed by atoms with van der Waals surface area (Å²) in [7, 11) is 1.50. The van der Waals surface area contributed by atoms with Crippen molar-refractivity contribution < 1.29 is 19.4 Å². The minimum atomic E-state index is -0.302. The zero-order valence-corrected chi connectivity index (χ0v) is 13.6. The summed E-state index contributed by atoms with van der Waals surface area (Å²) in [6.07, 6.45) is 0. The molecular weight excluding hydrogens is 346 g/mol. The van der Waals surface area contributed by atoms with Crippen LogP contribution >= 0.6 is 27.7 Å². The second-order valence-corrected chi connectivity index (χ2v) is 6.23. The largest absolute Gasteiger partial charge is 0.503 e. The van der Waals surface area contributed by atoms with Crippen LogP contribution in [0.15, 0.2) is 16.6 Å². The van der Waals surface area contributed by atoms with E-state index in [2.05, 4.69) is 21.2 Å². The van der Waals surface area contributed by atoms with E-state index in [1.807, 2.05) is 6.07 Å². The number of nitrogens with one attached hydrogen (secondary N) is 1. The summed E-state index contributed by atoms with van der Waals surface area (Å²) in [5.74, 6) is 0.898. The Labute approximate surface area is 130 Å². The molecule has 1 aromatic carbocycles. The highest BCUT2D eigenvalue weighted by atomic mass is 79.9. The third-order valence-electron chi connectivity index (χ3n) is 2.93. The maximum absolute atomic E-state index is 11.7. The average molecular weight is 362 g/mol. The number of benzene rings is 1. The van der Waals surface area contributed by atoms with E-state index in [1.165, 1.54) is 7.11 Å². The van der Waals surface area contributed by atoms with E-state index in [0.29, 0.717) is 22.6 Å². The second-order valence-electron chi connectivity index (χ2n) is 4.24. The molecule has 0 radical (unpaired) electrons. The van der Waals surface area contributed by atoms with Gasteiger partial charge in [0.2, 0.25) is 0 Å². The average Bonchev–Trinajstić information content (AvgIpc) is 2.91. The van der Waals surface area contributed by atoms with Crippen molar-refractivity contribution in [2.75, 3.05) is 19.5 Å². The van der Waals surface area contributed by atoms with Gasteiger partial charge in [0.25, 0.3) is 0 Å². The molecule has 1 aliphatic heterocycles. The molecule has 0 aromatic heterocycles. The third-order valence-corrected chi connectivity index (χ3v) is 4.80. The number of carbonyl (C=O) groups is 1. The van der Waals surface area contributed by atoms with Gasteiger partial charge in [0, 0.05) is 5.75 Å². The first kappa shape index (κ1) is 15.5. The highest BCUT2D eigenvalue weighted by molar-refractivity contribution is 9.10. The van der Waals surface area contributed by atoms with Crippen molar-refractivity contribution in [2.24, 2.45) is 0 Å². The number of methoxy groups -OCH3 is 1. The van der Waals surface area contributed by atoms with Crippen LogP contribution < -0.4 is 10.1 Å². The molecule has 1 fully saturated rings. The molecule has 2 atom stereocenters. The van der Waals surface area contributed by atoms with Gasteiger partial charge in [0.05, 0.1) is 23.6 Å². The Balaban J connectivity index is 2.14. The van der Waals surface area contributed by atoms with Gasteiger partial charge < -0.3 is 14.6 Å². The van der Waals surface area contributed by atoms with Crippen LogP contribution in [0.4, 0.5) is 0 Å². The predicted octanol–water partition coefficient (Wildman–Crippen LogP) is 2.43. The Morgan fingerprint density at radius 1 is 1.60 bits per heavy atom. The Morgan fingerprint density at radius 2 is 2.35 bits per heavy atom. The zero-order valence-electron chi connectivity index (χ0n) is 11.2. The van der Waals surface area contributed by atoms with Gasteiger partial charge in [0.1, 0.15) is 6.04 Å². The maximum atomic E-state index is 11.7. The maximum Gasteiger partial charge on any atom is 0.324 e. The summed E-state index contributed by atoms with van der Waals surface area (Å²) in [5.41, 5.74) is 0.934. The first-order valence-electron chi connectivity index (χ1n) is 6.17. The fraction of sp³-hybridized carbons (Fsp3) is 0.462. The minimum Gasteiger partial charge on any atom is -0.503 e. The number of halogens is 1. The molecule has 1 aromatic rings. The SMILES string of the molecule is CCOC(=O)[C@H]1CS[C@@H](c2cc(Br)c(O)c(OC)c2)N1. The standard InChI is InChI=1S/C13H16BrNO4S/c1-3-19-13(17)9-6-20-12(15-9)7-4-8(14)11(16)10(5-7)18-2/h4-5,9,12,15-16H,3,6H2,1-2H3/t9-,12+/m1/s1. The topological polar surface area (TPSA) is 67.8 Å². The van der Waals surface area contributed by atoms with Gasteiger partial charge in [-0.25, -0.2) is 0 Å². The van der Waals surface area contributed by atoms with Crippen LogP contribution in [0.5, 0.6) is 11.5 Å². The van der Waals surface area contributed by atoms with Crippen LogP contribution in [0.3, 0.4) is 0 Å². The van der Waals surface area contributed by atoms with Gasteiger partial charge in [-0.2, -0.15) is 0 Å². The van der Waals surface area contributed by atoms with Crippen molar-refractivity contribution in [2.45, 2.75) is 18.3 Å². The minimum absolute atomic E-state index is 0.0322. The molecule has 110 valence electrons. The lowest BCUT2D eigenvalue weighted by atomic mass is 10.2. The number of carbonyl (C=O) groups excluding carboxylic acids is 1. The van der Waals surface area contributed by atoms with Crippen molar-refractivity contribution in [1.29, 1.82) is 0 Å². The molecule has 0 aliphatic carbocycles. The van der Waals surface area contributed by atoms with Crippen LogP contribution in [-0.2, 0) is 9.53 Å². The fourth-order valence-electron chi connectivity index (χ4n) is 1.94. The molecule has 0 unspecified atom stereocenters. The predicted molar refractivity (Wildman–Crippen MR) is 81.1 cm³/mol. The normalized spacial score (nSPS) is 21.8. The summed E-state index contributed by atoms with van der Waals surface area (Å²) in [5, 5.41) is 13.0. The molecule has 0 spiro atoms. The van der Waals surface area contributed by atoms with Crippen LogP contribution in [0, 0.1) is 0 Å². The molecule has 20 heavy (non-hydrogen) atoms. The van der Waals surface area contributed by atoms with E-state index in [0.717, 1.165) is 5.56 Å². The van der Waals surface area contributed by atoms with Crippen LogP contribution in [0.25, 0.3) is 0 Å². The summed E-state index contributed by atoms with van der Waals surface area (Å²) in [6.45, 7) is 2.17. The summed E-state index contributed by atoms with van der Waals surface area (Å²) in [6, 6.07) is 3.28. The molecule has 5 nitrogen and oxygen atoms in total. The van der Waals surface area contributed by atoms with Crippen LogP contribution in [-0.4, -0.2) is 36.6 Å². The number of aromatic hydroxyl groups is 1. The fourth-order valence-corrected chi connectivity index (χ4v) is 3.61. The zero-order chi connectivity index (χ0) is 14.7. The van der Waals surface area contributed by atoms with Crippen molar-refractivity contribution in [1.82, 2.24) is 5.32 Å². The van der Waals surface area contributed by atoms with E-state index < -0.39 is 0 Å². The molecule has 0 saturated carbocycles. The lowest BCUT2D eigenvalue weighted by molar-refractivity contribution is -0.144. The molecule has 0 amide bonds. The molecule has 7 heteroatoms. The molecular formula is C13H16BrNO4S. The second kappa shape index (κ2) is 6.69. The molecule has 0 bridgehead atoms. The first-order valence-corrected chi connectivity index (χ1v) is 8.01. The third kappa shape index (κ3) is 3.21. The van der Waals surface area contributed by atoms with E-state index in [1.54, 1.807) is 24.8 Å². The van der Waals surface area contributed by atoms with Gasteiger partial charge >= 0.3 is 5.97 Å². The Kier molecular flexibility index (Phi) is 5.17. The number of phenols is 1. The number of phenolic OH excluding ortho intramolecular Hbond substituents is 1. The first-order chi connectivity index (χ1) is 9.56. The Bertz CT molecular complexity index is 511. The van der Waals surface area contributed by atoms with E-state index in [-0.39, 0.29) is 23.1 Å². The van der Waals surface area contributed by atoms with E-state index in [4.69, 9.17) is 9.47 Å². The lowest BCUT2D eigenvalue weighted by Gasteiger charge is -2.15. The number of ether oxygens (including phenoxy) is 2. The van der Waals surface area contributed by atoms with E-state index in [9.17, 15) is 9.90 Å².